The van der Waals surface area contributed by atoms with Gasteiger partial charge in [-0.2, -0.15) is 36.5 Å². The van der Waals surface area contributed by atoms with Crippen LogP contribution in [0, 0.1) is 11.8 Å². The predicted molar refractivity (Wildman–Crippen MR) is 217 cm³/mol. The van der Waals surface area contributed by atoms with Gasteiger partial charge in [-0.15, -0.1) is 0 Å². The number of alkyl halides is 6. The van der Waals surface area contributed by atoms with Crippen LogP contribution in [0.5, 0.6) is 0 Å². The van der Waals surface area contributed by atoms with Crippen molar-refractivity contribution in [1.29, 1.82) is 0 Å². The van der Waals surface area contributed by atoms with Crippen LogP contribution < -0.4 is 22.1 Å². The van der Waals surface area contributed by atoms with Gasteiger partial charge in [-0.1, -0.05) is 12.1 Å². The van der Waals surface area contributed by atoms with Gasteiger partial charge in [0.25, 0.3) is 0 Å². The van der Waals surface area contributed by atoms with Crippen LogP contribution in [0.2, 0.25) is 0 Å². The first-order chi connectivity index (χ1) is 30.1. The van der Waals surface area contributed by atoms with Crippen molar-refractivity contribution < 1.29 is 35.9 Å². The van der Waals surface area contributed by atoms with Gasteiger partial charge < -0.3 is 27.1 Å². The van der Waals surface area contributed by atoms with Crippen molar-refractivity contribution >= 4 is 34.5 Å². The first-order valence-corrected chi connectivity index (χ1v) is 19.6. The van der Waals surface area contributed by atoms with Gasteiger partial charge >= 0.3 is 12.4 Å². The highest BCUT2D eigenvalue weighted by molar-refractivity contribution is 5.89. The Bertz CT molecular complexity index is 2720. The van der Waals surface area contributed by atoms with Gasteiger partial charge in [0.15, 0.2) is 17.3 Å². The minimum Gasteiger partial charge on any atom is -0.395 e. The van der Waals surface area contributed by atoms with Crippen molar-refractivity contribution in [3.05, 3.63) is 103 Å². The average Bonchev–Trinajstić information content (AvgIpc) is 4.09. The summed E-state index contributed by atoms with van der Waals surface area (Å²) in [5.74, 6) is -1.26. The zero-order valence-electron chi connectivity index (χ0n) is 33.0. The van der Waals surface area contributed by atoms with E-state index in [1.54, 1.807) is 72.3 Å². The van der Waals surface area contributed by atoms with Gasteiger partial charge in [-0.25, -0.2) is 34.3 Å². The molecule has 22 heteroatoms. The summed E-state index contributed by atoms with van der Waals surface area (Å²) in [7, 11) is 0. The lowest BCUT2D eigenvalue weighted by Gasteiger charge is -2.17. The molecule has 0 saturated heterocycles. The second-order valence-electron chi connectivity index (χ2n) is 15.2. The summed E-state index contributed by atoms with van der Waals surface area (Å²) >= 11 is 0. The molecule has 326 valence electrons. The van der Waals surface area contributed by atoms with E-state index in [0.29, 0.717) is 39.7 Å². The van der Waals surface area contributed by atoms with Crippen molar-refractivity contribution in [3.8, 4) is 33.9 Å². The third-order valence-electron chi connectivity index (χ3n) is 10.5. The third-order valence-corrected chi connectivity index (χ3v) is 10.5. The standard InChI is InChI=1S/C21H18F3N7O.C20H20F3N7O/c22-21(23,24)10-27-20(32)17(12-1-2-12)13-3-4-16(26-7-13)31-9-14(8-30-31)15-5-6-25-19-18(15)28-11-29-19;21-20(22,23)10-28-19(31)16(11-1-2-11)12-3-4-15(27-7-12)30-9-13(8-29-30)14-5-6-26-18(25)17(14)24/h3-9,11-12,17H,1-2,10H2,(H,27,32)(H,25,28,29);3-9,11,16H,1-2,10,24H2,(H2,25,26)(H,28,31). The zero-order valence-corrected chi connectivity index (χ0v) is 33.0. The Morgan fingerprint density at radius 2 is 1.16 bits per heavy atom. The molecule has 2 unspecified atom stereocenters. The van der Waals surface area contributed by atoms with Crippen molar-refractivity contribution in [2.24, 2.45) is 11.8 Å². The predicted octanol–water partition coefficient (Wildman–Crippen LogP) is 6.04. The first-order valence-electron chi connectivity index (χ1n) is 19.6. The Kier molecular flexibility index (Phi) is 11.5. The number of fused-ring (bicyclic) bond motifs is 1. The molecule has 0 radical (unpaired) electrons. The number of nitrogens with two attached hydrogens (primary N) is 2. The number of carbonyl (C=O) groups excluding carboxylic acids is 2. The number of nitrogens with zero attached hydrogens (tertiary/aromatic N) is 9. The van der Waals surface area contributed by atoms with E-state index in [9.17, 15) is 35.9 Å². The Morgan fingerprint density at radius 1 is 0.667 bits per heavy atom. The number of nitrogen functional groups attached to an aromatic ring is 2. The molecule has 0 bridgehead atoms. The van der Waals surface area contributed by atoms with E-state index < -0.39 is 49.1 Å². The highest BCUT2D eigenvalue weighted by atomic mass is 19.4. The lowest BCUT2D eigenvalue weighted by Crippen LogP contribution is -2.37. The minimum absolute atomic E-state index is 0.0253. The molecule has 7 aromatic rings. The molecular weight excluding hydrogens is 835 g/mol. The Morgan fingerprint density at radius 3 is 1.63 bits per heavy atom. The number of aromatic nitrogens is 10. The van der Waals surface area contributed by atoms with E-state index in [4.69, 9.17) is 11.5 Å². The quantitative estimate of drug-likeness (QED) is 0.0890. The maximum atomic E-state index is 12.5. The van der Waals surface area contributed by atoms with Crippen LogP contribution in [0.15, 0.2) is 92.3 Å². The molecule has 2 atom stereocenters. The van der Waals surface area contributed by atoms with Crippen molar-refractivity contribution in [1.82, 2.24) is 60.1 Å². The molecule has 7 N–H and O–H groups in total. The topological polar surface area (TPSA) is 226 Å². The number of rotatable bonds is 12. The smallest absolute Gasteiger partial charge is 0.395 e. The van der Waals surface area contributed by atoms with Crippen LogP contribution in [0.4, 0.5) is 37.8 Å². The highest BCUT2D eigenvalue weighted by Crippen LogP contribution is 2.44. The molecule has 2 fully saturated rings. The molecule has 2 aliphatic carbocycles. The number of H-pyrrole nitrogens is 1. The number of nitrogens with one attached hydrogen (secondary N) is 3. The molecule has 7 aromatic heterocycles. The van der Waals surface area contributed by atoms with Gasteiger partial charge in [-0.3, -0.25) is 9.59 Å². The van der Waals surface area contributed by atoms with E-state index in [1.165, 1.54) is 17.1 Å². The molecule has 0 aromatic carbocycles. The monoisotopic (exact) mass is 872 g/mol. The SMILES string of the molecule is Nc1nccc(-c2cnn(-c3ccc(C(C(=O)NCC(F)(F)F)C4CC4)cn3)c2)c1N.O=C(NCC(F)(F)F)C(c1ccc(-n2cc(-c3ccnc4nc[nH]c34)cn2)nc1)C1CC1. The number of anilines is 2. The maximum absolute atomic E-state index is 12.5. The van der Waals surface area contributed by atoms with Crippen molar-refractivity contribution in [3.63, 3.8) is 0 Å². The lowest BCUT2D eigenvalue weighted by molar-refractivity contribution is -0.139. The Hall–Kier alpha value is -7.39. The number of carbonyl (C=O) groups is 2. The summed E-state index contributed by atoms with van der Waals surface area (Å²) in [5, 5.41) is 12.6. The van der Waals surface area contributed by atoms with E-state index in [1.807, 2.05) is 22.9 Å². The number of hydrogen-bond acceptors (Lipinski definition) is 11. The molecule has 63 heavy (non-hydrogen) atoms. The van der Waals surface area contributed by atoms with Crippen LogP contribution in [-0.2, 0) is 9.59 Å². The normalized spacial score (nSPS) is 15.0. The summed E-state index contributed by atoms with van der Waals surface area (Å²) in [6, 6.07) is 10.4. The van der Waals surface area contributed by atoms with Gasteiger partial charge in [-0.05, 0) is 72.9 Å². The highest BCUT2D eigenvalue weighted by Gasteiger charge is 2.40. The molecular formula is C41H38F6N14O2. The van der Waals surface area contributed by atoms with Crippen LogP contribution in [0.1, 0.15) is 48.6 Å². The minimum atomic E-state index is -4.45. The van der Waals surface area contributed by atoms with Gasteiger partial charge in [0.1, 0.15) is 18.9 Å². The molecule has 16 nitrogen and oxygen atoms in total. The zero-order chi connectivity index (χ0) is 44.5. The molecule has 2 amide bonds. The summed E-state index contributed by atoms with van der Waals surface area (Å²) in [4.78, 5) is 48.9. The fraction of sp³-hybridized carbons (Fsp3) is 0.293. The van der Waals surface area contributed by atoms with Gasteiger partial charge in [0.05, 0.1) is 41.8 Å². The Balaban J connectivity index is 0.000000173. The number of hydrogen-bond donors (Lipinski definition) is 5. The van der Waals surface area contributed by atoms with E-state index in [-0.39, 0.29) is 17.7 Å². The van der Waals surface area contributed by atoms with Crippen molar-refractivity contribution in [2.45, 2.75) is 49.9 Å². The summed E-state index contributed by atoms with van der Waals surface area (Å²) < 4.78 is 78.0. The summed E-state index contributed by atoms with van der Waals surface area (Å²) in [6.45, 7) is -2.69. The number of aromatic amines is 1. The van der Waals surface area contributed by atoms with Crippen LogP contribution in [-0.4, -0.2) is 86.7 Å². The Labute approximate surface area is 353 Å². The molecule has 0 spiro atoms. The van der Waals surface area contributed by atoms with E-state index >= 15 is 0 Å². The number of pyridine rings is 4. The van der Waals surface area contributed by atoms with E-state index in [0.717, 1.165) is 47.9 Å². The fourth-order valence-electron chi connectivity index (χ4n) is 7.17. The largest absolute Gasteiger partial charge is 0.405 e. The summed E-state index contributed by atoms with van der Waals surface area (Å²) in [6.07, 6.45) is 8.99. The molecule has 0 aliphatic heterocycles. The van der Waals surface area contributed by atoms with Crippen LogP contribution in [0.3, 0.4) is 0 Å². The fourth-order valence-corrected chi connectivity index (χ4v) is 7.17. The third kappa shape index (κ3) is 10.1. The second kappa shape index (κ2) is 17.2. The lowest BCUT2D eigenvalue weighted by atomic mass is 9.94. The number of imidazole rings is 1. The van der Waals surface area contributed by atoms with Crippen LogP contribution >= 0.6 is 0 Å². The molecule has 7 heterocycles. The number of halogens is 6. The van der Waals surface area contributed by atoms with Crippen molar-refractivity contribution in [2.75, 3.05) is 24.6 Å². The maximum Gasteiger partial charge on any atom is 0.405 e. The first kappa shape index (κ1) is 42.3. The number of amides is 2. The van der Waals surface area contributed by atoms with Gasteiger partial charge in [0, 0.05) is 59.4 Å². The molecule has 9 rings (SSSR count). The molecule has 2 saturated carbocycles. The van der Waals surface area contributed by atoms with Gasteiger partial charge in [0.2, 0.25) is 11.8 Å². The van der Waals surface area contributed by atoms with E-state index in [2.05, 4.69) is 40.1 Å². The molecule has 2 aliphatic rings. The average molecular weight is 873 g/mol. The van der Waals surface area contributed by atoms with Crippen LogP contribution in [0.25, 0.3) is 45.1 Å². The summed E-state index contributed by atoms with van der Waals surface area (Å²) in [5.41, 5.74) is 17.8. The second-order valence-corrected chi connectivity index (χ2v) is 15.2.